The standard InChI is InChI=1S/C26H34N2O2S/c1-3-7-21(18-22-8-5-4-6-9-22)12-14-27-15-13-26(29)28-16-17-31-25-11-10-24(30-2)19-23(25)20-28/h3-6,8-11,19,21,27H,1,7,12-18,20H2,2H3. The Kier molecular flexibility index (Phi) is 9.50. The van der Waals surface area contributed by atoms with Crippen molar-refractivity contribution in [2.45, 2.75) is 37.1 Å². The third-order valence-corrected chi connectivity index (χ3v) is 6.81. The number of nitrogens with one attached hydrogen (secondary N) is 1. The van der Waals surface area contributed by atoms with Gasteiger partial charge in [0.25, 0.3) is 0 Å². The SMILES string of the molecule is C=CCC(CCNCCC(=O)N1CCSc2ccc(OC)cc2C1)Cc1ccccc1. The van der Waals surface area contributed by atoms with Gasteiger partial charge >= 0.3 is 0 Å². The van der Waals surface area contributed by atoms with Gasteiger partial charge in [0.1, 0.15) is 5.75 Å². The number of allylic oxidation sites excluding steroid dienone is 1. The highest BCUT2D eigenvalue weighted by molar-refractivity contribution is 7.99. The second-order valence-electron chi connectivity index (χ2n) is 8.01. The summed E-state index contributed by atoms with van der Waals surface area (Å²) >= 11 is 1.82. The van der Waals surface area contributed by atoms with Gasteiger partial charge in [0.2, 0.25) is 5.91 Å². The van der Waals surface area contributed by atoms with Crippen LogP contribution in [0.5, 0.6) is 5.75 Å². The summed E-state index contributed by atoms with van der Waals surface area (Å²) in [5.74, 6) is 2.58. The van der Waals surface area contributed by atoms with Crippen LogP contribution in [0.1, 0.15) is 30.4 Å². The molecular formula is C26H34N2O2S. The maximum absolute atomic E-state index is 12.8. The van der Waals surface area contributed by atoms with Crippen molar-refractivity contribution < 1.29 is 9.53 Å². The minimum atomic E-state index is 0.218. The highest BCUT2D eigenvalue weighted by Gasteiger charge is 2.19. The molecule has 1 atom stereocenters. The lowest BCUT2D eigenvalue weighted by molar-refractivity contribution is -0.131. The van der Waals surface area contributed by atoms with Gasteiger partial charge in [0.05, 0.1) is 7.11 Å². The van der Waals surface area contributed by atoms with E-state index in [0.717, 1.165) is 50.4 Å². The lowest BCUT2D eigenvalue weighted by Gasteiger charge is -2.21. The maximum Gasteiger partial charge on any atom is 0.224 e. The number of hydrogen-bond donors (Lipinski definition) is 1. The summed E-state index contributed by atoms with van der Waals surface area (Å²) in [5, 5.41) is 3.48. The van der Waals surface area contributed by atoms with Crippen molar-refractivity contribution in [3.8, 4) is 5.75 Å². The van der Waals surface area contributed by atoms with Crippen LogP contribution in [0.3, 0.4) is 0 Å². The lowest BCUT2D eigenvalue weighted by Crippen LogP contribution is -2.34. The van der Waals surface area contributed by atoms with Gasteiger partial charge in [-0.3, -0.25) is 4.79 Å². The Balaban J connectivity index is 1.41. The van der Waals surface area contributed by atoms with E-state index in [0.29, 0.717) is 18.9 Å². The third-order valence-electron chi connectivity index (χ3n) is 5.71. The smallest absolute Gasteiger partial charge is 0.224 e. The Morgan fingerprint density at radius 2 is 2.10 bits per heavy atom. The quantitative estimate of drug-likeness (QED) is 0.399. The zero-order valence-electron chi connectivity index (χ0n) is 18.5. The van der Waals surface area contributed by atoms with Crippen LogP contribution in [0, 0.1) is 5.92 Å². The number of carbonyl (C=O) groups is 1. The predicted molar refractivity (Wildman–Crippen MR) is 130 cm³/mol. The van der Waals surface area contributed by atoms with Crippen LogP contribution in [0.4, 0.5) is 0 Å². The fraction of sp³-hybridized carbons (Fsp3) is 0.423. The van der Waals surface area contributed by atoms with E-state index >= 15 is 0 Å². The highest BCUT2D eigenvalue weighted by atomic mass is 32.2. The molecule has 2 aromatic rings. The first-order valence-corrected chi connectivity index (χ1v) is 12.1. The first-order valence-electron chi connectivity index (χ1n) is 11.1. The molecule has 1 unspecified atom stereocenters. The molecule has 1 N–H and O–H groups in total. The average Bonchev–Trinajstić information content (AvgIpc) is 3.01. The number of ether oxygens (including phenoxy) is 1. The molecule has 0 saturated heterocycles. The van der Waals surface area contributed by atoms with Gasteiger partial charge in [0.15, 0.2) is 0 Å². The highest BCUT2D eigenvalue weighted by Crippen LogP contribution is 2.30. The van der Waals surface area contributed by atoms with Gasteiger partial charge in [-0.1, -0.05) is 36.4 Å². The molecule has 0 spiro atoms. The Labute approximate surface area is 191 Å². The summed E-state index contributed by atoms with van der Waals surface area (Å²) < 4.78 is 5.35. The minimum absolute atomic E-state index is 0.218. The van der Waals surface area contributed by atoms with Crippen LogP contribution in [0.2, 0.25) is 0 Å². The van der Waals surface area contributed by atoms with E-state index in [9.17, 15) is 4.79 Å². The molecule has 1 aliphatic rings. The van der Waals surface area contributed by atoms with Crippen molar-refractivity contribution >= 4 is 17.7 Å². The number of fused-ring (bicyclic) bond motifs is 1. The number of nitrogens with zero attached hydrogens (tertiary/aromatic N) is 1. The van der Waals surface area contributed by atoms with Crippen molar-refractivity contribution in [2.75, 3.05) is 32.5 Å². The van der Waals surface area contributed by atoms with Gasteiger partial charge in [-0.05, 0) is 61.1 Å². The summed E-state index contributed by atoms with van der Waals surface area (Å²) in [4.78, 5) is 16.0. The number of hydrogen-bond acceptors (Lipinski definition) is 4. The normalized spacial score (nSPS) is 14.4. The summed E-state index contributed by atoms with van der Waals surface area (Å²) in [7, 11) is 1.68. The average molecular weight is 439 g/mol. The topological polar surface area (TPSA) is 41.6 Å². The number of benzene rings is 2. The van der Waals surface area contributed by atoms with Crippen LogP contribution in [0.15, 0.2) is 66.1 Å². The molecule has 31 heavy (non-hydrogen) atoms. The molecule has 166 valence electrons. The monoisotopic (exact) mass is 438 g/mol. The lowest BCUT2D eigenvalue weighted by atomic mass is 9.93. The molecule has 5 heteroatoms. The molecule has 1 aliphatic heterocycles. The molecule has 3 rings (SSSR count). The Morgan fingerprint density at radius 3 is 2.87 bits per heavy atom. The van der Waals surface area contributed by atoms with Gasteiger partial charge in [0, 0.05) is 36.7 Å². The van der Waals surface area contributed by atoms with E-state index < -0.39 is 0 Å². The van der Waals surface area contributed by atoms with Crippen molar-refractivity contribution in [2.24, 2.45) is 5.92 Å². The van der Waals surface area contributed by atoms with Crippen molar-refractivity contribution in [3.63, 3.8) is 0 Å². The zero-order chi connectivity index (χ0) is 21.9. The fourth-order valence-electron chi connectivity index (χ4n) is 3.98. The molecule has 0 aromatic heterocycles. The Morgan fingerprint density at radius 1 is 1.26 bits per heavy atom. The Bertz CT molecular complexity index is 841. The molecule has 0 radical (unpaired) electrons. The molecule has 0 bridgehead atoms. The van der Waals surface area contributed by atoms with Crippen LogP contribution in [-0.2, 0) is 17.8 Å². The largest absolute Gasteiger partial charge is 0.497 e. The van der Waals surface area contributed by atoms with Crippen LogP contribution >= 0.6 is 11.8 Å². The van der Waals surface area contributed by atoms with Crippen molar-refractivity contribution in [1.29, 1.82) is 0 Å². The number of carbonyl (C=O) groups excluding carboxylic acids is 1. The van der Waals surface area contributed by atoms with Crippen molar-refractivity contribution in [3.05, 3.63) is 72.3 Å². The molecule has 4 nitrogen and oxygen atoms in total. The molecule has 1 heterocycles. The van der Waals surface area contributed by atoms with Gasteiger partial charge in [-0.15, -0.1) is 18.3 Å². The first-order chi connectivity index (χ1) is 15.2. The van der Waals surface area contributed by atoms with Crippen LogP contribution in [-0.4, -0.2) is 43.3 Å². The molecule has 0 aliphatic carbocycles. The zero-order valence-corrected chi connectivity index (χ0v) is 19.3. The van der Waals surface area contributed by atoms with E-state index in [2.05, 4.69) is 54.4 Å². The van der Waals surface area contributed by atoms with E-state index in [4.69, 9.17) is 4.74 Å². The second-order valence-corrected chi connectivity index (χ2v) is 9.14. The number of thioether (sulfide) groups is 1. The van der Waals surface area contributed by atoms with Gasteiger partial charge in [-0.2, -0.15) is 0 Å². The fourth-order valence-corrected chi connectivity index (χ4v) is 4.99. The van der Waals surface area contributed by atoms with E-state index in [1.54, 1.807) is 7.11 Å². The summed E-state index contributed by atoms with van der Waals surface area (Å²) in [6.45, 7) is 7.02. The summed E-state index contributed by atoms with van der Waals surface area (Å²) in [6.07, 6.45) is 5.73. The maximum atomic E-state index is 12.8. The second kappa shape index (κ2) is 12.6. The number of amides is 1. The van der Waals surface area contributed by atoms with Crippen LogP contribution in [0.25, 0.3) is 0 Å². The van der Waals surface area contributed by atoms with Crippen LogP contribution < -0.4 is 10.1 Å². The molecule has 2 aromatic carbocycles. The summed E-state index contributed by atoms with van der Waals surface area (Å²) in [6, 6.07) is 16.8. The van der Waals surface area contributed by atoms with E-state index in [1.165, 1.54) is 16.0 Å². The van der Waals surface area contributed by atoms with Crippen molar-refractivity contribution in [1.82, 2.24) is 10.2 Å². The minimum Gasteiger partial charge on any atom is -0.497 e. The van der Waals surface area contributed by atoms with Gasteiger partial charge < -0.3 is 15.0 Å². The Hall–Kier alpha value is -2.24. The van der Waals surface area contributed by atoms with E-state index in [1.807, 2.05) is 28.8 Å². The number of rotatable bonds is 11. The molecule has 0 fully saturated rings. The van der Waals surface area contributed by atoms with E-state index in [-0.39, 0.29) is 5.91 Å². The third kappa shape index (κ3) is 7.44. The molecule has 0 saturated carbocycles. The molecule has 1 amide bonds. The predicted octanol–water partition coefficient (Wildman–Crippen LogP) is 4.93. The number of methoxy groups -OCH3 is 1. The summed E-state index contributed by atoms with van der Waals surface area (Å²) in [5.41, 5.74) is 2.55. The first kappa shape index (κ1) is 23.4. The molecular weight excluding hydrogens is 404 g/mol. The van der Waals surface area contributed by atoms with Gasteiger partial charge in [-0.25, -0.2) is 0 Å².